The van der Waals surface area contributed by atoms with Gasteiger partial charge in [-0.15, -0.1) is 0 Å². The number of guanidine groups is 1. The average molecular weight is 325 g/mol. The van der Waals surface area contributed by atoms with Crippen molar-refractivity contribution in [3.05, 3.63) is 0 Å². The van der Waals surface area contributed by atoms with Crippen LogP contribution in [0.5, 0.6) is 0 Å². The second kappa shape index (κ2) is 9.48. The van der Waals surface area contributed by atoms with Crippen LogP contribution in [0.2, 0.25) is 0 Å². The van der Waals surface area contributed by atoms with Gasteiger partial charge in [-0.3, -0.25) is 4.99 Å². The van der Waals surface area contributed by atoms with Gasteiger partial charge in [-0.05, 0) is 71.5 Å². The number of nitrogens with zero attached hydrogens (tertiary/aromatic N) is 2. The summed E-state index contributed by atoms with van der Waals surface area (Å²) in [7, 11) is 0. The summed E-state index contributed by atoms with van der Waals surface area (Å²) in [6.45, 7) is 13.8. The van der Waals surface area contributed by atoms with E-state index in [9.17, 15) is 0 Å². The predicted octanol–water partition coefficient (Wildman–Crippen LogP) is 2.23. The molecule has 0 saturated carbocycles. The first kappa shape index (κ1) is 18.5. The van der Waals surface area contributed by atoms with E-state index in [2.05, 4.69) is 36.3 Å². The predicted molar refractivity (Wildman–Crippen MR) is 97.0 cm³/mol. The standard InChI is InChI=1S/C18H36N4O/c1-4-19-17(21-15-18(3)10-6-14-23-18)20-11-7-16-8-12-22(5-2)13-9-16/h16H,4-15H2,1-3H3,(H2,19,20,21). The van der Waals surface area contributed by atoms with Crippen LogP contribution >= 0.6 is 0 Å². The van der Waals surface area contributed by atoms with E-state index in [1.807, 2.05) is 0 Å². The van der Waals surface area contributed by atoms with E-state index in [0.717, 1.165) is 51.0 Å². The van der Waals surface area contributed by atoms with Gasteiger partial charge in [0, 0.05) is 19.7 Å². The summed E-state index contributed by atoms with van der Waals surface area (Å²) >= 11 is 0. The average Bonchev–Trinajstić information content (AvgIpc) is 3.00. The Hall–Kier alpha value is -0.810. The summed E-state index contributed by atoms with van der Waals surface area (Å²) in [5, 5.41) is 6.86. The zero-order valence-electron chi connectivity index (χ0n) is 15.4. The normalized spacial score (nSPS) is 27.3. The third kappa shape index (κ3) is 6.30. The van der Waals surface area contributed by atoms with Gasteiger partial charge in [0.15, 0.2) is 5.96 Å². The molecule has 0 amide bonds. The molecule has 0 radical (unpaired) electrons. The number of ether oxygens (including phenoxy) is 1. The molecule has 0 spiro atoms. The molecule has 5 nitrogen and oxygen atoms in total. The lowest BCUT2D eigenvalue weighted by Crippen LogP contribution is -2.40. The van der Waals surface area contributed by atoms with Crippen LogP contribution in [0.25, 0.3) is 0 Å². The zero-order chi connectivity index (χ0) is 16.5. The Bertz CT molecular complexity index is 358. The fourth-order valence-corrected chi connectivity index (χ4v) is 3.54. The number of aliphatic imine (C=N–C) groups is 1. The number of rotatable bonds is 7. The Morgan fingerprint density at radius 1 is 1.26 bits per heavy atom. The van der Waals surface area contributed by atoms with Gasteiger partial charge in [-0.2, -0.15) is 0 Å². The highest BCUT2D eigenvalue weighted by molar-refractivity contribution is 5.79. The minimum absolute atomic E-state index is 0.0602. The molecule has 2 aliphatic heterocycles. The molecular weight excluding hydrogens is 288 g/mol. The summed E-state index contributed by atoms with van der Waals surface area (Å²) in [5.74, 6) is 1.80. The van der Waals surface area contributed by atoms with Crippen LogP contribution in [0.4, 0.5) is 0 Å². The minimum Gasteiger partial charge on any atom is -0.373 e. The Morgan fingerprint density at radius 2 is 2.04 bits per heavy atom. The fraction of sp³-hybridized carbons (Fsp3) is 0.944. The van der Waals surface area contributed by atoms with Crippen LogP contribution in [0.15, 0.2) is 4.99 Å². The number of nitrogens with one attached hydrogen (secondary N) is 2. The molecule has 2 rings (SSSR count). The molecule has 0 aromatic carbocycles. The maximum absolute atomic E-state index is 5.82. The Morgan fingerprint density at radius 3 is 2.65 bits per heavy atom. The Labute approximate surface area is 142 Å². The van der Waals surface area contributed by atoms with Crippen LogP contribution in [0, 0.1) is 5.92 Å². The van der Waals surface area contributed by atoms with E-state index in [0.29, 0.717) is 0 Å². The maximum atomic E-state index is 5.82. The van der Waals surface area contributed by atoms with Gasteiger partial charge in [0.1, 0.15) is 0 Å². The van der Waals surface area contributed by atoms with Crippen LogP contribution in [0.1, 0.15) is 52.9 Å². The maximum Gasteiger partial charge on any atom is 0.191 e. The van der Waals surface area contributed by atoms with Gasteiger partial charge in [-0.25, -0.2) is 0 Å². The van der Waals surface area contributed by atoms with Crippen molar-refractivity contribution in [1.29, 1.82) is 0 Å². The third-order valence-electron chi connectivity index (χ3n) is 5.22. The van der Waals surface area contributed by atoms with Crippen LogP contribution in [0.3, 0.4) is 0 Å². The molecule has 2 aliphatic rings. The Kier molecular flexibility index (Phi) is 7.63. The quantitative estimate of drug-likeness (QED) is 0.557. The molecule has 1 unspecified atom stereocenters. The van der Waals surface area contributed by atoms with Crippen molar-refractivity contribution in [3.63, 3.8) is 0 Å². The second-order valence-corrected chi connectivity index (χ2v) is 7.19. The molecule has 23 heavy (non-hydrogen) atoms. The highest BCUT2D eigenvalue weighted by Crippen LogP contribution is 2.25. The van der Waals surface area contributed by atoms with Crippen LogP contribution in [-0.2, 0) is 4.74 Å². The summed E-state index contributed by atoms with van der Waals surface area (Å²) in [6, 6.07) is 0. The van der Waals surface area contributed by atoms with Crippen molar-refractivity contribution in [2.45, 2.75) is 58.5 Å². The lowest BCUT2D eigenvalue weighted by molar-refractivity contribution is 0.0283. The van der Waals surface area contributed by atoms with Crippen LogP contribution < -0.4 is 10.6 Å². The summed E-state index contributed by atoms with van der Waals surface area (Å²) in [4.78, 5) is 7.29. The molecule has 1 atom stereocenters. The molecule has 0 aliphatic carbocycles. The highest BCUT2D eigenvalue weighted by Gasteiger charge is 2.29. The first-order valence-corrected chi connectivity index (χ1v) is 9.53. The van der Waals surface area contributed by atoms with E-state index in [1.165, 1.54) is 38.9 Å². The first-order valence-electron chi connectivity index (χ1n) is 9.53. The molecule has 2 fully saturated rings. The van der Waals surface area contributed by atoms with Gasteiger partial charge < -0.3 is 20.3 Å². The van der Waals surface area contributed by atoms with Crippen molar-refractivity contribution >= 4 is 5.96 Å². The first-order chi connectivity index (χ1) is 11.1. The number of likely N-dealkylation sites (tertiary alicyclic amines) is 1. The largest absolute Gasteiger partial charge is 0.373 e. The van der Waals surface area contributed by atoms with Gasteiger partial charge in [-0.1, -0.05) is 6.92 Å². The SMILES string of the molecule is CCNC(=NCC1(C)CCCO1)NCCC1CCN(CC)CC1. The zero-order valence-corrected chi connectivity index (χ0v) is 15.4. The molecule has 2 heterocycles. The third-order valence-corrected chi connectivity index (χ3v) is 5.22. The molecule has 5 heteroatoms. The molecule has 2 saturated heterocycles. The smallest absolute Gasteiger partial charge is 0.191 e. The lowest BCUT2D eigenvalue weighted by Gasteiger charge is -2.31. The molecule has 0 aromatic heterocycles. The second-order valence-electron chi connectivity index (χ2n) is 7.19. The summed E-state index contributed by atoms with van der Waals surface area (Å²) in [6.07, 6.45) is 6.21. The number of piperidine rings is 1. The number of hydrogen-bond donors (Lipinski definition) is 2. The van der Waals surface area contributed by atoms with Crippen molar-refractivity contribution in [1.82, 2.24) is 15.5 Å². The van der Waals surface area contributed by atoms with Gasteiger partial charge >= 0.3 is 0 Å². The monoisotopic (exact) mass is 324 g/mol. The van der Waals surface area contributed by atoms with Gasteiger partial charge in [0.25, 0.3) is 0 Å². The molecule has 0 bridgehead atoms. The molecule has 2 N–H and O–H groups in total. The van der Waals surface area contributed by atoms with E-state index >= 15 is 0 Å². The summed E-state index contributed by atoms with van der Waals surface area (Å²) < 4.78 is 5.82. The number of hydrogen-bond acceptors (Lipinski definition) is 3. The molecular formula is C18H36N4O. The van der Waals surface area contributed by atoms with Crippen molar-refractivity contribution in [2.75, 3.05) is 45.9 Å². The summed E-state index contributed by atoms with van der Waals surface area (Å²) in [5.41, 5.74) is -0.0602. The molecule has 134 valence electrons. The van der Waals surface area contributed by atoms with Crippen molar-refractivity contribution in [2.24, 2.45) is 10.9 Å². The molecule has 0 aromatic rings. The van der Waals surface area contributed by atoms with Gasteiger partial charge in [0.05, 0.1) is 12.1 Å². The van der Waals surface area contributed by atoms with Crippen molar-refractivity contribution < 1.29 is 4.74 Å². The van der Waals surface area contributed by atoms with Crippen molar-refractivity contribution in [3.8, 4) is 0 Å². The Balaban J connectivity index is 1.69. The minimum atomic E-state index is -0.0602. The van der Waals surface area contributed by atoms with E-state index in [1.54, 1.807) is 0 Å². The topological polar surface area (TPSA) is 48.9 Å². The lowest BCUT2D eigenvalue weighted by atomic mass is 9.93. The van der Waals surface area contributed by atoms with Gasteiger partial charge in [0.2, 0.25) is 0 Å². The van der Waals surface area contributed by atoms with E-state index < -0.39 is 0 Å². The fourth-order valence-electron chi connectivity index (χ4n) is 3.54. The van der Waals surface area contributed by atoms with E-state index in [4.69, 9.17) is 9.73 Å². The highest BCUT2D eigenvalue weighted by atomic mass is 16.5. The van der Waals surface area contributed by atoms with E-state index in [-0.39, 0.29) is 5.60 Å². The van der Waals surface area contributed by atoms with Crippen LogP contribution in [-0.4, -0.2) is 62.3 Å².